The van der Waals surface area contributed by atoms with Crippen LogP contribution in [0.1, 0.15) is 37.6 Å². The molecule has 0 saturated heterocycles. The highest BCUT2D eigenvalue weighted by Crippen LogP contribution is 2.05. The van der Waals surface area contributed by atoms with Crippen LogP contribution < -0.4 is 0 Å². The quantitative estimate of drug-likeness (QED) is 0.699. The van der Waals surface area contributed by atoms with Crippen molar-refractivity contribution in [3.8, 4) is 0 Å². The Morgan fingerprint density at radius 3 is 2.69 bits per heavy atom. The SMILES string of the molecule is CCCCCn1nnc(CO)c1C. The van der Waals surface area contributed by atoms with Crippen molar-refractivity contribution in [1.82, 2.24) is 15.0 Å². The zero-order valence-electron chi connectivity index (χ0n) is 8.32. The first kappa shape index (κ1) is 10.2. The van der Waals surface area contributed by atoms with Gasteiger partial charge in [0.05, 0.1) is 12.3 Å². The summed E-state index contributed by atoms with van der Waals surface area (Å²) in [4.78, 5) is 0. The minimum atomic E-state index is -0.0143. The molecule has 0 atom stereocenters. The van der Waals surface area contributed by atoms with Crippen molar-refractivity contribution in [1.29, 1.82) is 0 Å². The number of unbranched alkanes of at least 4 members (excludes halogenated alkanes) is 2. The number of hydrogen-bond donors (Lipinski definition) is 1. The molecule has 74 valence electrons. The Morgan fingerprint density at radius 2 is 2.15 bits per heavy atom. The number of nitrogens with zero attached hydrogens (tertiary/aromatic N) is 3. The van der Waals surface area contributed by atoms with Crippen molar-refractivity contribution in [2.75, 3.05) is 0 Å². The Balaban J connectivity index is 2.51. The van der Waals surface area contributed by atoms with Gasteiger partial charge in [-0.1, -0.05) is 25.0 Å². The van der Waals surface area contributed by atoms with E-state index in [1.165, 1.54) is 12.8 Å². The smallest absolute Gasteiger partial charge is 0.111 e. The van der Waals surface area contributed by atoms with Crippen LogP contribution in [0.5, 0.6) is 0 Å². The molecule has 0 spiro atoms. The summed E-state index contributed by atoms with van der Waals surface area (Å²) in [6.07, 6.45) is 3.56. The first-order valence-electron chi connectivity index (χ1n) is 4.79. The van der Waals surface area contributed by atoms with E-state index in [2.05, 4.69) is 17.2 Å². The number of aliphatic hydroxyl groups is 1. The van der Waals surface area contributed by atoms with E-state index in [-0.39, 0.29) is 6.61 Å². The summed E-state index contributed by atoms with van der Waals surface area (Å²) < 4.78 is 1.86. The van der Waals surface area contributed by atoms with E-state index in [9.17, 15) is 0 Å². The topological polar surface area (TPSA) is 50.9 Å². The summed E-state index contributed by atoms with van der Waals surface area (Å²) in [6.45, 7) is 5.01. The van der Waals surface area contributed by atoms with E-state index in [1.807, 2.05) is 11.6 Å². The van der Waals surface area contributed by atoms with E-state index in [0.29, 0.717) is 5.69 Å². The van der Waals surface area contributed by atoms with E-state index in [4.69, 9.17) is 5.11 Å². The Morgan fingerprint density at radius 1 is 1.38 bits per heavy atom. The lowest BCUT2D eigenvalue weighted by atomic mass is 10.2. The highest BCUT2D eigenvalue weighted by molar-refractivity contribution is 5.05. The summed E-state index contributed by atoms with van der Waals surface area (Å²) >= 11 is 0. The maximum absolute atomic E-state index is 8.89. The highest BCUT2D eigenvalue weighted by Gasteiger charge is 2.05. The summed E-state index contributed by atoms with van der Waals surface area (Å²) in [6, 6.07) is 0. The Bertz CT molecular complexity index is 257. The van der Waals surface area contributed by atoms with Gasteiger partial charge in [-0.3, -0.25) is 0 Å². The molecule has 4 nitrogen and oxygen atoms in total. The van der Waals surface area contributed by atoms with Crippen molar-refractivity contribution in [3.63, 3.8) is 0 Å². The van der Waals surface area contributed by atoms with Gasteiger partial charge in [0.25, 0.3) is 0 Å². The van der Waals surface area contributed by atoms with Gasteiger partial charge in [-0.2, -0.15) is 0 Å². The molecule has 0 radical (unpaired) electrons. The second-order valence-electron chi connectivity index (χ2n) is 3.21. The van der Waals surface area contributed by atoms with Gasteiger partial charge in [0, 0.05) is 6.54 Å². The molecule has 0 bridgehead atoms. The molecular weight excluding hydrogens is 166 g/mol. The molecule has 0 aliphatic carbocycles. The average molecular weight is 183 g/mol. The lowest BCUT2D eigenvalue weighted by Gasteiger charge is -2.01. The molecule has 1 heterocycles. The summed E-state index contributed by atoms with van der Waals surface area (Å²) in [5.41, 5.74) is 1.68. The van der Waals surface area contributed by atoms with Crippen LogP contribution in [0.25, 0.3) is 0 Å². The molecule has 4 heteroatoms. The molecule has 13 heavy (non-hydrogen) atoms. The molecule has 0 aliphatic rings. The highest BCUT2D eigenvalue weighted by atomic mass is 16.3. The third-order valence-corrected chi connectivity index (χ3v) is 2.20. The van der Waals surface area contributed by atoms with Crippen molar-refractivity contribution < 1.29 is 5.11 Å². The zero-order valence-corrected chi connectivity index (χ0v) is 8.32. The fraction of sp³-hybridized carbons (Fsp3) is 0.778. The molecule has 1 rings (SSSR count). The molecule has 1 aromatic heterocycles. The van der Waals surface area contributed by atoms with Gasteiger partial charge in [-0.25, -0.2) is 4.68 Å². The van der Waals surface area contributed by atoms with Crippen LogP contribution in [0.2, 0.25) is 0 Å². The van der Waals surface area contributed by atoms with Gasteiger partial charge in [-0.15, -0.1) is 5.10 Å². The van der Waals surface area contributed by atoms with Gasteiger partial charge in [0.1, 0.15) is 5.69 Å². The minimum Gasteiger partial charge on any atom is -0.390 e. The van der Waals surface area contributed by atoms with Crippen LogP contribution in [0.4, 0.5) is 0 Å². The molecule has 0 unspecified atom stereocenters. The number of aryl methyl sites for hydroxylation is 1. The van der Waals surface area contributed by atoms with E-state index < -0.39 is 0 Å². The lowest BCUT2D eigenvalue weighted by molar-refractivity contribution is 0.276. The van der Waals surface area contributed by atoms with Gasteiger partial charge < -0.3 is 5.11 Å². The van der Waals surface area contributed by atoms with Gasteiger partial charge in [0.2, 0.25) is 0 Å². The lowest BCUT2D eigenvalue weighted by Crippen LogP contribution is -2.02. The van der Waals surface area contributed by atoms with E-state index in [0.717, 1.165) is 18.7 Å². The molecule has 0 fully saturated rings. The van der Waals surface area contributed by atoms with Crippen molar-refractivity contribution in [2.24, 2.45) is 0 Å². The van der Waals surface area contributed by atoms with Crippen LogP contribution in [-0.4, -0.2) is 20.1 Å². The number of rotatable bonds is 5. The summed E-state index contributed by atoms with van der Waals surface area (Å²) in [5.74, 6) is 0. The fourth-order valence-corrected chi connectivity index (χ4v) is 1.27. The Kier molecular flexibility index (Phi) is 3.89. The summed E-state index contributed by atoms with van der Waals surface area (Å²) in [5, 5.41) is 16.7. The van der Waals surface area contributed by atoms with Crippen LogP contribution in [0, 0.1) is 6.92 Å². The first-order valence-corrected chi connectivity index (χ1v) is 4.79. The maximum atomic E-state index is 8.89. The fourth-order valence-electron chi connectivity index (χ4n) is 1.27. The molecular formula is C9H17N3O. The molecule has 1 aromatic rings. The van der Waals surface area contributed by atoms with Crippen molar-refractivity contribution in [2.45, 2.75) is 46.3 Å². The number of aromatic nitrogens is 3. The van der Waals surface area contributed by atoms with Gasteiger partial charge in [0.15, 0.2) is 0 Å². The third kappa shape index (κ3) is 2.52. The molecule has 0 saturated carbocycles. The molecule has 0 aromatic carbocycles. The predicted molar refractivity (Wildman–Crippen MR) is 50.2 cm³/mol. The summed E-state index contributed by atoms with van der Waals surface area (Å²) in [7, 11) is 0. The van der Waals surface area contributed by atoms with Crippen LogP contribution in [-0.2, 0) is 13.2 Å². The second kappa shape index (κ2) is 4.97. The minimum absolute atomic E-state index is 0.0143. The van der Waals surface area contributed by atoms with Crippen LogP contribution in [0.3, 0.4) is 0 Å². The van der Waals surface area contributed by atoms with Crippen LogP contribution >= 0.6 is 0 Å². The largest absolute Gasteiger partial charge is 0.390 e. The Hall–Kier alpha value is -0.900. The third-order valence-electron chi connectivity index (χ3n) is 2.20. The Labute approximate surface area is 78.6 Å². The second-order valence-corrected chi connectivity index (χ2v) is 3.21. The molecule has 0 amide bonds. The van der Waals surface area contributed by atoms with Gasteiger partial charge >= 0.3 is 0 Å². The van der Waals surface area contributed by atoms with E-state index in [1.54, 1.807) is 0 Å². The first-order chi connectivity index (χ1) is 6.29. The van der Waals surface area contributed by atoms with Crippen molar-refractivity contribution in [3.05, 3.63) is 11.4 Å². The normalized spacial score (nSPS) is 10.7. The van der Waals surface area contributed by atoms with Crippen molar-refractivity contribution >= 4 is 0 Å². The standard InChI is InChI=1S/C9H17N3O/c1-3-4-5-6-12-8(2)9(7-13)10-11-12/h13H,3-7H2,1-2H3. The zero-order chi connectivity index (χ0) is 9.68. The number of hydrogen-bond acceptors (Lipinski definition) is 3. The van der Waals surface area contributed by atoms with E-state index >= 15 is 0 Å². The molecule has 1 N–H and O–H groups in total. The average Bonchev–Trinajstić information content (AvgIpc) is 2.48. The molecule has 0 aliphatic heterocycles. The number of aliphatic hydroxyl groups excluding tert-OH is 1. The predicted octanol–water partition coefficient (Wildman–Crippen LogP) is 1.27. The maximum Gasteiger partial charge on any atom is 0.111 e. The van der Waals surface area contributed by atoms with Crippen LogP contribution in [0.15, 0.2) is 0 Å². The monoisotopic (exact) mass is 183 g/mol. The van der Waals surface area contributed by atoms with Gasteiger partial charge in [-0.05, 0) is 13.3 Å².